The molecule has 0 spiro atoms. The summed E-state index contributed by atoms with van der Waals surface area (Å²) in [7, 11) is 0. The van der Waals surface area contributed by atoms with Gasteiger partial charge in [-0.2, -0.15) is 0 Å². The van der Waals surface area contributed by atoms with Crippen LogP contribution in [0.3, 0.4) is 0 Å². The third-order valence-electron chi connectivity index (χ3n) is 4.82. The van der Waals surface area contributed by atoms with Crippen molar-refractivity contribution in [3.05, 3.63) is 24.2 Å². The first-order valence-electron chi connectivity index (χ1n) is 7.19. The van der Waals surface area contributed by atoms with Crippen molar-refractivity contribution in [3.8, 4) is 0 Å². The SMILES string of the molecule is O=C(O)[C@H]1C2CCC(CC2)[C@@H]1C(=O)NCc1ccco1. The fraction of sp³-hybridized carbons (Fsp3) is 0.600. The number of aliphatic carboxylic acids is 1. The number of hydrogen-bond acceptors (Lipinski definition) is 3. The zero-order valence-electron chi connectivity index (χ0n) is 11.2. The molecule has 0 radical (unpaired) electrons. The van der Waals surface area contributed by atoms with E-state index in [1.807, 2.05) is 0 Å². The van der Waals surface area contributed by atoms with Crippen LogP contribution in [0.4, 0.5) is 0 Å². The van der Waals surface area contributed by atoms with Crippen molar-refractivity contribution in [1.29, 1.82) is 0 Å². The predicted octanol–water partition coefficient (Wildman–Crippen LogP) is 2.03. The molecule has 0 unspecified atom stereocenters. The largest absolute Gasteiger partial charge is 0.481 e. The average Bonchev–Trinajstić information content (AvgIpc) is 2.98. The van der Waals surface area contributed by atoms with E-state index in [2.05, 4.69) is 5.32 Å². The van der Waals surface area contributed by atoms with Crippen molar-refractivity contribution in [3.63, 3.8) is 0 Å². The first kappa shape index (κ1) is 13.2. The molecule has 3 aliphatic carbocycles. The third kappa shape index (κ3) is 2.32. The molecule has 1 amide bonds. The molecular weight excluding hydrogens is 258 g/mol. The Labute approximate surface area is 117 Å². The number of carboxylic acid groups (broad SMARTS) is 1. The summed E-state index contributed by atoms with van der Waals surface area (Å²) in [6.45, 7) is 0.325. The smallest absolute Gasteiger partial charge is 0.307 e. The molecule has 20 heavy (non-hydrogen) atoms. The summed E-state index contributed by atoms with van der Waals surface area (Å²) in [5, 5.41) is 12.3. The molecule has 5 nitrogen and oxygen atoms in total. The number of carbonyl (C=O) groups is 2. The molecule has 3 aliphatic rings. The maximum absolute atomic E-state index is 12.4. The van der Waals surface area contributed by atoms with Gasteiger partial charge in [0.1, 0.15) is 5.76 Å². The molecular formula is C15H19NO4. The fourth-order valence-corrected chi connectivity index (χ4v) is 3.89. The highest BCUT2D eigenvalue weighted by atomic mass is 16.4. The van der Waals surface area contributed by atoms with Crippen LogP contribution in [0.2, 0.25) is 0 Å². The van der Waals surface area contributed by atoms with E-state index >= 15 is 0 Å². The minimum atomic E-state index is -0.822. The van der Waals surface area contributed by atoms with Gasteiger partial charge in [-0.15, -0.1) is 0 Å². The summed E-state index contributed by atoms with van der Waals surface area (Å²) < 4.78 is 5.18. The molecule has 1 heterocycles. The van der Waals surface area contributed by atoms with E-state index in [-0.39, 0.29) is 23.7 Å². The summed E-state index contributed by atoms with van der Waals surface area (Å²) in [6, 6.07) is 3.56. The highest BCUT2D eigenvalue weighted by Crippen LogP contribution is 2.49. The molecule has 2 atom stereocenters. The maximum Gasteiger partial charge on any atom is 0.307 e. The van der Waals surface area contributed by atoms with Gasteiger partial charge in [0.25, 0.3) is 0 Å². The van der Waals surface area contributed by atoms with Crippen LogP contribution in [0.1, 0.15) is 31.4 Å². The number of nitrogens with one attached hydrogen (secondary N) is 1. The van der Waals surface area contributed by atoms with Gasteiger partial charge in [-0.05, 0) is 49.7 Å². The maximum atomic E-state index is 12.4. The highest BCUT2D eigenvalue weighted by molar-refractivity contribution is 5.85. The topological polar surface area (TPSA) is 79.5 Å². The molecule has 108 valence electrons. The Hall–Kier alpha value is -1.78. The van der Waals surface area contributed by atoms with Crippen LogP contribution < -0.4 is 5.32 Å². The van der Waals surface area contributed by atoms with E-state index < -0.39 is 11.9 Å². The van der Waals surface area contributed by atoms with Crippen molar-refractivity contribution in [2.45, 2.75) is 32.2 Å². The Morgan fingerprint density at radius 3 is 2.40 bits per heavy atom. The van der Waals surface area contributed by atoms with E-state index in [4.69, 9.17) is 4.42 Å². The molecule has 0 aliphatic heterocycles. The van der Waals surface area contributed by atoms with Gasteiger partial charge in [-0.1, -0.05) is 0 Å². The second-order valence-corrected chi connectivity index (χ2v) is 5.86. The lowest BCUT2D eigenvalue weighted by atomic mass is 9.58. The van der Waals surface area contributed by atoms with E-state index in [1.54, 1.807) is 18.4 Å². The van der Waals surface area contributed by atoms with Gasteiger partial charge in [0.05, 0.1) is 24.6 Å². The van der Waals surface area contributed by atoms with E-state index in [1.165, 1.54) is 0 Å². The van der Waals surface area contributed by atoms with Crippen LogP contribution in [0.15, 0.2) is 22.8 Å². The zero-order chi connectivity index (χ0) is 14.1. The van der Waals surface area contributed by atoms with Gasteiger partial charge < -0.3 is 14.8 Å². The first-order valence-corrected chi connectivity index (χ1v) is 7.19. The van der Waals surface area contributed by atoms with Gasteiger partial charge in [0.15, 0.2) is 0 Å². The van der Waals surface area contributed by atoms with Gasteiger partial charge in [0, 0.05) is 0 Å². The van der Waals surface area contributed by atoms with Crippen LogP contribution in [-0.4, -0.2) is 17.0 Å². The standard InChI is InChI=1S/C15H19NO4/c17-14(16-8-11-2-1-7-20-11)12-9-3-5-10(6-4-9)13(12)15(18)19/h1-2,7,9-10,12-13H,3-6,8H2,(H,16,17)(H,18,19)/t9?,10?,12-,13-/m0/s1. The van der Waals surface area contributed by atoms with Gasteiger partial charge in [0.2, 0.25) is 5.91 Å². The van der Waals surface area contributed by atoms with Crippen molar-refractivity contribution < 1.29 is 19.1 Å². The summed E-state index contributed by atoms with van der Waals surface area (Å²) in [4.78, 5) is 23.9. The minimum Gasteiger partial charge on any atom is -0.481 e. The molecule has 5 heteroatoms. The Bertz CT molecular complexity index is 488. The predicted molar refractivity (Wildman–Crippen MR) is 70.6 cm³/mol. The highest BCUT2D eigenvalue weighted by Gasteiger charge is 2.50. The molecule has 0 aromatic carbocycles. The lowest BCUT2D eigenvalue weighted by Crippen LogP contribution is -2.50. The molecule has 1 aromatic heterocycles. The number of carboxylic acids is 1. The Morgan fingerprint density at radius 1 is 1.20 bits per heavy atom. The van der Waals surface area contributed by atoms with Crippen LogP contribution in [0.5, 0.6) is 0 Å². The van der Waals surface area contributed by atoms with Crippen molar-refractivity contribution in [2.75, 3.05) is 0 Å². The lowest BCUT2D eigenvalue weighted by molar-refractivity contribution is -0.158. The van der Waals surface area contributed by atoms with Crippen LogP contribution >= 0.6 is 0 Å². The second kappa shape index (κ2) is 5.31. The third-order valence-corrected chi connectivity index (χ3v) is 4.82. The van der Waals surface area contributed by atoms with E-state index in [0.29, 0.717) is 12.3 Å². The Kier molecular flexibility index (Phi) is 3.51. The van der Waals surface area contributed by atoms with Crippen LogP contribution in [-0.2, 0) is 16.1 Å². The summed E-state index contributed by atoms with van der Waals surface area (Å²) in [5.41, 5.74) is 0. The van der Waals surface area contributed by atoms with Gasteiger partial charge in [-0.3, -0.25) is 9.59 Å². The Morgan fingerprint density at radius 2 is 1.85 bits per heavy atom. The number of amides is 1. The molecule has 2 N–H and O–H groups in total. The molecule has 1 aromatic rings. The van der Waals surface area contributed by atoms with Gasteiger partial charge in [-0.25, -0.2) is 0 Å². The van der Waals surface area contributed by atoms with Crippen molar-refractivity contribution in [1.82, 2.24) is 5.32 Å². The fourth-order valence-electron chi connectivity index (χ4n) is 3.89. The Balaban J connectivity index is 1.70. The number of rotatable bonds is 4. The molecule has 3 fully saturated rings. The number of furan rings is 1. The first-order chi connectivity index (χ1) is 9.66. The summed E-state index contributed by atoms with van der Waals surface area (Å²) in [6.07, 6.45) is 5.41. The zero-order valence-corrected chi connectivity index (χ0v) is 11.2. The number of carbonyl (C=O) groups excluding carboxylic acids is 1. The molecule has 4 rings (SSSR count). The minimum absolute atomic E-state index is 0.136. The molecule has 2 bridgehead atoms. The van der Waals surface area contributed by atoms with E-state index in [0.717, 1.165) is 25.7 Å². The summed E-state index contributed by atoms with van der Waals surface area (Å²) >= 11 is 0. The average molecular weight is 277 g/mol. The van der Waals surface area contributed by atoms with E-state index in [9.17, 15) is 14.7 Å². The normalized spacial score (nSPS) is 32.0. The number of fused-ring (bicyclic) bond motifs is 3. The van der Waals surface area contributed by atoms with Crippen molar-refractivity contribution in [2.24, 2.45) is 23.7 Å². The second-order valence-electron chi connectivity index (χ2n) is 5.86. The van der Waals surface area contributed by atoms with Crippen molar-refractivity contribution >= 4 is 11.9 Å². The van der Waals surface area contributed by atoms with Crippen LogP contribution in [0.25, 0.3) is 0 Å². The molecule has 0 saturated heterocycles. The number of hydrogen-bond donors (Lipinski definition) is 2. The summed E-state index contributed by atoms with van der Waals surface area (Å²) in [5.74, 6) is -0.782. The lowest BCUT2D eigenvalue weighted by Gasteiger charge is -2.45. The quantitative estimate of drug-likeness (QED) is 0.882. The monoisotopic (exact) mass is 277 g/mol. The van der Waals surface area contributed by atoms with Crippen LogP contribution in [0, 0.1) is 23.7 Å². The molecule has 3 saturated carbocycles. The van der Waals surface area contributed by atoms with Gasteiger partial charge >= 0.3 is 5.97 Å².